The van der Waals surface area contributed by atoms with Crippen molar-refractivity contribution in [2.24, 2.45) is 5.73 Å². The number of amides is 1. The van der Waals surface area contributed by atoms with Gasteiger partial charge in [-0.05, 0) is 19.8 Å². The van der Waals surface area contributed by atoms with Crippen molar-refractivity contribution in [3.63, 3.8) is 0 Å². The molecule has 0 unspecified atom stereocenters. The largest absolute Gasteiger partial charge is 2.00 e. The third kappa shape index (κ3) is 8.52. The van der Waals surface area contributed by atoms with Crippen LogP contribution in [-0.4, -0.2) is 5.91 Å². The van der Waals surface area contributed by atoms with E-state index in [0.29, 0.717) is 5.57 Å². The second-order valence-corrected chi connectivity index (χ2v) is 4.40. The molecule has 2 N–H and O–H groups in total. The molecule has 20 heavy (non-hydrogen) atoms. The van der Waals surface area contributed by atoms with Gasteiger partial charge in [0.25, 0.3) is 0 Å². The minimum absolute atomic E-state index is 0. The number of unbranched alkanes of at least 4 members (excludes halogenated alkanes) is 1. The van der Waals surface area contributed by atoms with Crippen LogP contribution >= 0.6 is 0 Å². The smallest absolute Gasteiger partial charge is 0.366 e. The molecule has 0 radical (unpaired) electrons. The number of primary amides is 1. The van der Waals surface area contributed by atoms with Gasteiger partial charge in [0, 0.05) is 5.57 Å². The predicted octanol–water partition coefficient (Wildman–Crippen LogP) is 3.56. The van der Waals surface area contributed by atoms with Crippen LogP contribution in [0.3, 0.4) is 0 Å². The fourth-order valence-corrected chi connectivity index (χ4v) is 1.63. The van der Waals surface area contributed by atoms with Crippen molar-refractivity contribution in [3.05, 3.63) is 71.8 Å². The molecule has 0 aliphatic heterocycles. The molecule has 2 aromatic rings. The monoisotopic (exact) mass is 311 g/mol. The SMILES string of the molecule is CC(=CCCCc1ccc[cH-]1)C(N)=O.[Fe+2].c1cc[cH-]c1. The zero-order valence-corrected chi connectivity index (χ0v) is 12.8. The van der Waals surface area contributed by atoms with Crippen molar-refractivity contribution in [1.82, 2.24) is 0 Å². The van der Waals surface area contributed by atoms with E-state index in [2.05, 4.69) is 12.1 Å². The molecule has 0 saturated carbocycles. The minimum atomic E-state index is -0.321. The Hall–Kier alpha value is -1.57. The maximum Gasteiger partial charge on any atom is 2.00 e. The van der Waals surface area contributed by atoms with Crippen LogP contribution in [0, 0.1) is 0 Å². The molecule has 0 atom stereocenters. The molecule has 0 heterocycles. The number of carbonyl (C=O) groups excluding carboxylic acids is 1. The number of hydrogen-bond donors (Lipinski definition) is 1. The molecular weight excluding hydrogens is 290 g/mol. The zero-order chi connectivity index (χ0) is 13.9. The molecule has 1 amide bonds. The van der Waals surface area contributed by atoms with Crippen LogP contribution in [0.5, 0.6) is 0 Å². The van der Waals surface area contributed by atoms with E-state index in [1.165, 1.54) is 5.56 Å². The molecule has 0 saturated heterocycles. The van der Waals surface area contributed by atoms with Crippen molar-refractivity contribution in [1.29, 1.82) is 0 Å². The summed E-state index contributed by atoms with van der Waals surface area (Å²) in [5, 5.41) is 0. The summed E-state index contributed by atoms with van der Waals surface area (Å²) in [4.78, 5) is 10.7. The molecule has 2 nitrogen and oxygen atoms in total. The minimum Gasteiger partial charge on any atom is -0.366 e. The van der Waals surface area contributed by atoms with Gasteiger partial charge < -0.3 is 5.73 Å². The molecular formula is C17H21FeNO. The molecule has 0 aliphatic carbocycles. The van der Waals surface area contributed by atoms with Crippen molar-refractivity contribution < 1.29 is 21.9 Å². The predicted molar refractivity (Wildman–Crippen MR) is 80.0 cm³/mol. The number of aryl methyl sites for hydroxylation is 1. The van der Waals surface area contributed by atoms with Crippen LogP contribution in [0.25, 0.3) is 0 Å². The van der Waals surface area contributed by atoms with Gasteiger partial charge in [0.2, 0.25) is 5.91 Å². The Morgan fingerprint density at radius 2 is 1.95 bits per heavy atom. The second-order valence-electron chi connectivity index (χ2n) is 4.40. The van der Waals surface area contributed by atoms with Crippen LogP contribution in [0.4, 0.5) is 0 Å². The van der Waals surface area contributed by atoms with E-state index < -0.39 is 0 Å². The standard InChI is InChI=1S/C12H16NO.C5H5.Fe/c1-10(12(13)14)6-2-3-7-11-8-4-5-9-11;1-2-4-5-3-1;/h4-6,8-9H,2-3,7H2,1H3,(H2,13,14);1-5H;/q2*-1;+2. The van der Waals surface area contributed by atoms with Gasteiger partial charge >= 0.3 is 17.1 Å². The Kier molecular flexibility index (Phi) is 10.4. The third-order valence-electron chi connectivity index (χ3n) is 2.80. The Morgan fingerprint density at radius 3 is 2.40 bits per heavy atom. The first-order chi connectivity index (χ1) is 9.20. The Balaban J connectivity index is 0.000000507. The van der Waals surface area contributed by atoms with Crippen molar-refractivity contribution >= 4 is 5.91 Å². The van der Waals surface area contributed by atoms with E-state index in [1.54, 1.807) is 6.92 Å². The summed E-state index contributed by atoms with van der Waals surface area (Å²) in [6, 6.07) is 18.3. The van der Waals surface area contributed by atoms with Crippen molar-refractivity contribution in [2.75, 3.05) is 0 Å². The average molecular weight is 311 g/mol. The van der Waals surface area contributed by atoms with Gasteiger partial charge in [0.15, 0.2) is 0 Å². The summed E-state index contributed by atoms with van der Waals surface area (Å²) in [5.74, 6) is -0.321. The van der Waals surface area contributed by atoms with E-state index in [1.807, 2.05) is 48.5 Å². The fourth-order valence-electron chi connectivity index (χ4n) is 1.63. The topological polar surface area (TPSA) is 43.1 Å². The second kappa shape index (κ2) is 11.3. The summed E-state index contributed by atoms with van der Waals surface area (Å²) in [6.07, 6.45) is 4.95. The van der Waals surface area contributed by atoms with Crippen LogP contribution in [0.1, 0.15) is 25.3 Å². The van der Waals surface area contributed by atoms with E-state index in [0.717, 1.165) is 19.3 Å². The first kappa shape index (κ1) is 18.4. The molecule has 2 aromatic carbocycles. The molecule has 0 spiro atoms. The Morgan fingerprint density at radius 1 is 1.25 bits per heavy atom. The van der Waals surface area contributed by atoms with E-state index in [4.69, 9.17) is 5.73 Å². The van der Waals surface area contributed by atoms with E-state index in [9.17, 15) is 4.79 Å². The molecule has 0 fully saturated rings. The summed E-state index contributed by atoms with van der Waals surface area (Å²) in [7, 11) is 0. The summed E-state index contributed by atoms with van der Waals surface area (Å²) >= 11 is 0. The Bertz CT molecular complexity index is 452. The van der Waals surface area contributed by atoms with Crippen molar-refractivity contribution in [2.45, 2.75) is 26.2 Å². The van der Waals surface area contributed by atoms with Gasteiger partial charge in [-0.3, -0.25) is 4.79 Å². The maximum atomic E-state index is 10.7. The Labute approximate surface area is 131 Å². The van der Waals surface area contributed by atoms with E-state index in [-0.39, 0.29) is 23.0 Å². The van der Waals surface area contributed by atoms with Crippen LogP contribution < -0.4 is 5.73 Å². The number of hydrogen-bond acceptors (Lipinski definition) is 1. The molecule has 2 rings (SSSR count). The summed E-state index contributed by atoms with van der Waals surface area (Å²) in [5.41, 5.74) is 7.12. The summed E-state index contributed by atoms with van der Waals surface area (Å²) in [6.45, 7) is 1.75. The average Bonchev–Trinajstić information content (AvgIpc) is 3.08. The summed E-state index contributed by atoms with van der Waals surface area (Å²) < 4.78 is 0. The number of nitrogens with two attached hydrogens (primary N) is 1. The quantitative estimate of drug-likeness (QED) is 0.390. The molecule has 0 bridgehead atoms. The number of allylic oxidation sites excluding steroid dienone is 1. The number of rotatable bonds is 5. The fraction of sp³-hybridized carbons (Fsp3) is 0.235. The van der Waals surface area contributed by atoms with Crippen LogP contribution in [-0.2, 0) is 28.3 Å². The van der Waals surface area contributed by atoms with Gasteiger partial charge in [-0.2, -0.15) is 35.9 Å². The first-order valence-electron chi connectivity index (χ1n) is 6.54. The van der Waals surface area contributed by atoms with Crippen molar-refractivity contribution in [3.8, 4) is 0 Å². The molecule has 0 aliphatic rings. The van der Waals surface area contributed by atoms with Gasteiger partial charge in [0.05, 0.1) is 0 Å². The molecule has 108 valence electrons. The zero-order valence-electron chi connectivity index (χ0n) is 11.7. The number of carbonyl (C=O) groups is 1. The first-order valence-corrected chi connectivity index (χ1v) is 6.54. The third-order valence-corrected chi connectivity index (χ3v) is 2.80. The van der Waals surface area contributed by atoms with Gasteiger partial charge in [-0.25, -0.2) is 24.3 Å². The van der Waals surface area contributed by atoms with Crippen LogP contribution in [0.2, 0.25) is 0 Å². The van der Waals surface area contributed by atoms with Crippen LogP contribution in [0.15, 0.2) is 66.2 Å². The van der Waals surface area contributed by atoms with Gasteiger partial charge in [-0.15, -0.1) is 0 Å². The van der Waals surface area contributed by atoms with Gasteiger partial charge in [-0.1, -0.05) is 12.5 Å². The molecule has 0 aromatic heterocycles. The molecule has 3 heteroatoms. The van der Waals surface area contributed by atoms with Gasteiger partial charge in [0.1, 0.15) is 0 Å². The normalized spacial score (nSPS) is 10.2. The maximum absolute atomic E-state index is 10.7. The van der Waals surface area contributed by atoms with E-state index >= 15 is 0 Å².